The summed E-state index contributed by atoms with van der Waals surface area (Å²) >= 11 is 0. The maximum Gasteiger partial charge on any atom is 0.160 e. The molecule has 104 valence electrons. The van der Waals surface area contributed by atoms with Crippen molar-refractivity contribution in [2.75, 3.05) is 0 Å². The van der Waals surface area contributed by atoms with E-state index < -0.39 is 0 Å². The van der Waals surface area contributed by atoms with E-state index in [9.17, 15) is 4.79 Å². The highest BCUT2D eigenvalue weighted by Gasteiger charge is 2.11. The summed E-state index contributed by atoms with van der Waals surface area (Å²) in [4.78, 5) is 11.8. The van der Waals surface area contributed by atoms with Crippen molar-refractivity contribution in [2.45, 2.75) is 40.0 Å². The van der Waals surface area contributed by atoms with Crippen LogP contribution in [0.4, 0.5) is 0 Å². The Hall–Kier alpha value is -1.89. The molecule has 0 aromatic heterocycles. The van der Waals surface area contributed by atoms with Crippen LogP contribution in [0.25, 0.3) is 11.1 Å². The molecule has 0 aliphatic rings. The van der Waals surface area contributed by atoms with Gasteiger partial charge >= 0.3 is 0 Å². The van der Waals surface area contributed by atoms with Gasteiger partial charge < -0.3 is 0 Å². The number of hydrogen-bond acceptors (Lipinski definition) is 1. The van der Waals surface area contributed by atoms with Crippen molar-refractivity contribution >= 4 is 5.78 Å². The lowest BCUT2D eigenvalue weighted by molar-refractivity contribution is 0.101. The van der Waals surface area contributed by atoms with Gasteiger partial charge in [0, 0.05) is 5.56 Å². The number of carbonyl (C=O) groups is 1. The molecule has 0 aliphatic heterocycles. The van der Waals surface area contributed by atoms with Crippen LogP contribution in [0, 0.1) is 6.92 Å². The lowest BCUT2D eigenvalue weighted by Gasteiger charge is -2.13. The lowest BCUT2D eigenvalue weighted by Crippen LogP contribution is -2.02. The fraction of sp³-hybridized carbons (Fsp3) is 0.316. The number of Topliss-reactive ketones (excluding diaryl/α,β-unsaturated/α-hetero) is 1. The molecule has 0 heterocycles. The molecule has 2 aromatic rings. The molecule has 2 rings (SSSR count). The van der Waals surface area contributed by atoms with Gasteiger partial charge in [-0.05, 0) is 55.0 Å². The summed E-state index contributed by atoms with van der Waals surface area (Å²) in [6.07, 6.45) is 3.25. The Balaban J connectivity index is 2.51. The molecule has 1 heteroatoms. The summed E-state index contributed by atoms with van der Waals surface area (Å²) in [5.41, 5.74) is 5.70. The molecule has 0 aliphatic carbocycles. The quantitative estimate of drug-likeness (QED) is 0.679. The number of benzene rings is 2. The standard InChI is InChI=1S/C19H22O/c1-4-5-9-17-13-18(16-10-7-6-8-11-16)14(2)12-19(17)15(3)20/h6-8,10-13H,4-5,9H2,1-3H3. The van der Waals surface area contributed by atoms with Gasteiger partial charge in [0.2, 0.25) is 0 Å². The van der Waals surface area contributed by atoms with Crippen molar-refractivity contribution in [3.8, 4) is 11.1 Å². The molecule has 2 aromatic carbocycles. The Kier molecular flexibility index (Phi) is 4.73. The van der Waals surface area contributed by atoms with Crippen LogP contribution in [0.3, 0.4) is 0 Å². The average Bonchev–Trinajstić information content (AvgIpc) is 2.46. The Labute approximate surface area is 121 Å². The molecule has 0 radical (unpaired) electrons. The van der Waals surface area contributed by atoms with Gasteiger partial charge in [0.25, 0.3) is 0 Å². The normalized spacial score (nSPS) is 10.6. The van der Waals surface area contributed by atoms with Crippen LogP contribution >= 0.6 is 0 Å². The maximum absolute atomic E-state index is 11.8. The minimum atomic E-state index is 0.166. The predicted octanol–water partition coefficient (Wildman–Crippen LogP) is 5.21. The molecule has 0 spiro atoms. The number of aryl methyl sites for hydroxylation is 2. The van der Waals surface area contributed by atoms with Crippen LogP contribution in [-0.2, 0) is 6.42 Å². The van der Waals surface area contributed by atoms with E-state index in [1.807, 2.05) is 6.07 Å². The van der Waals surface area contributed by atoms with E-state index in [4.69, 9.17) is 0 Å². The lowest BCUT2D eigenvalue weighted by atomic mass is 9.91. The minimum absolute atomic E-state index is 0.166. The van der Waals surface area contributed by atoms with Crippen LogP contribution in [0.15, 0.2) is 42.5 Å². The summed E-state index contributed by atoms with van der Waals surface area (Å²) in [5, 5.41) is 0. The second kappa shape index (κ2) is 6.51. The molecule has 0 amide bonds. The van der Waals surface area contributed by atoms with Gasteiger partial charge in [-0.1, -0.05) is 49.7 Å². The van der Waals surface area contributed by atoms with Gasteiger partial charge in [0.05, 0.1) is 0 Å². The predicted molar refractivity (Wildman–Crippen MR) is 85.2 cm³/mol. The van der Waals surface area contributed by atoms with Crippen LogP contribution < -0.4 is 0 Å². The average molecular weight is 266 g/mol. The molecular weight excluding hydrogens is 244 g/mol. The van der Waals surface area contributed by atoms with Gasteiger partial charge in [-0.3, -0.25) is 4.79 Å². The maximum atomic E-state index is 11.8. The molecule has 0 N–H and O–H groups in total. The van der Waals surface area contributed by atoms with E-state index in [2.05, 4.69) is 50.2 Å². The van der Waals surface area contributed by atoms with Gasteiger partial charge in [-0.2, -0.15) is 0 Å². The molecule has 0 saturated heterocycles. The zero-order chi connectivity index (χ0) is 14.5. The van der Waals surface area contributed by atoms with Crippen LogP contribution in [0.5, 0.6) is 0 Å². The fourth-order valence-corrected chi connectivity index (χ4v) is 2.58. The smallest absolute Gasteiger partial charge is 0.160 e. The third-order valence-corrected chi connectivity index (χ3v) is 3.71. The molecule has 0 fully saturated rings. The first-order chi connectivity index (χ1) is 9.63. The molecular formula is C19H22O. The Bertz CT molecular complexity index is 597. The first kappa shape index (κ1) is 14.5. The Morgan fingerprint density at radius 3 is 2.40 bits per heavy atom. The van der Waals surface area contributed by atoms with E-state index in [1.54, 1.807) is 6.92 Å². The zero-order valence-corrected chi connectivity index (χ0v) is 12.6. The summed E-state index contributed by atoms with van der Waals surface area (Å²) < 4.78 is 0. The number of unbranched alkanes of at least 4 members (excludes halogenated alkanes) is 1. The second-order valence-corrected chi connectivity index (χ2v) is 5.35. The molecule has 0 saturated carbocycles. The topological polar surface area (TPSA) is 17.1 Å². The van der Waals surface area contributed by atoms with Crippen LogP contribution in [0.1, 0.15) is 48.2 Å². The summed E-state index contributed by atoms with van der Waals surface area (Å²) in [6, 6.07) is 14.6. The first-order valence-corrected chi connectivity index (χ1v) is 7.33. The molecule has 0 unspecified atom stereocenters. The van der Waals surface area contributed by atoms with Crippen molar-refractivity contribution in [2.24, 2.45) is 0 Å². The van der Waals surface area contributed by atoms with Crippen molar-refractivity contribution in [3.05, 3.63) is 59.2 Å². The highest BCUT2D eigenvalue weighted by molar-refractivity contribution is 5.96. The SMILES string of the molecule is CCCCc1cc(-c2ccccc2)c(C)cc1C(C)=O. The summed E-state index contributed by atoms with van der Waals surface area (Å²) in [7, 11) is 0. The van der Waals surface area contributed by atoms with E-state index in [0.717, 1.165) is 24.8 Å². The van der Waals surface area contributed by atoms with Gasteiger partial charge in [-0.25, -0.2) is 0 Å². The third kappa shape index (κ3) is 3.16. The monoisotopic (exact) mass is 266 g/mol. The second-order valence-electron chi connectivity index (χ2n) is 5.35. The van der Waals surface area contributed by atoms with Crippen LogP contribution in [0.2, 0.25) is 0 Å². The third-order valence-electron chi connectivity index (χ3n) is 3.71. The molecule has 1 nitrogen and oxygen atoms in total. The van der Waals surface area contributed by atoms with Gasteiger partial charge in [0.1, 0.15) is 0 Å². The van der Waals surface area contributed by atoms with Crippen molar-refractivity contribution in [3.63, 3.8) is 0 Å². The largest absolute Gasteiger partial charge is 0.295 e. The van der Waals surface area contributed by atoms with Crippen molar-refractivity contribution in [1.82, 2.24) is 0 Å². The number of ketones is 1. The Morgan fingerprint density at radius 1 is 1.10 bits per heavy atom. The van der Waals surface area contributed by atoms with Crippen molar-refractivity contribution in [1.29, 1.82) is 0 Å². The van der Waals surface area contributed by atoms with Gasteiger partial charge in [0.15, 0.2) is 5.78 Å². The first-order valence-electron chi connectivity index (χ1n) is 7.33. The van der Waals surface area contributed by atoms with E-state index in [0.29, 0.717) is 0 Å². The van der Waals surface area contributed by atoms with Crippen molar-refractivity contribution < 1.29 is 4.79 Å². The highest BCUT2D eigenvalue weighted by atomic mass is 16.1. The zero-order valence-electron chi connectivity index (χ0n) is 12.6. The molecule has 0 bridgehead atoms. The van der Waals surface area contributed by atoms with E-state index in [1.165, 1.54) is 22.3 Å². The molecule has 0 atom stereocenters. The number of carbonyl (C=O) groups excluding carboxylic acids is 1. The van der Waals surface area contributed by atoms with Gasteiger partial charge in [-0.15, -0.1) is 0 Å². The molecule has 20 heavy (non-hydrogen) atoms. The number of rotatable bonds is 5. The fourth-order valence-electron chi connectivity index (χ4n) is 2.58. The van der Waals surface area contributed by atoms with E-state index >= 15 is 0 Å². The summed E-state index contributed by atoms with van der Waals surface area (Å²) in [5.74, 6) is 0.166. The minimum Gasteiger partial charge on any atom is -0.295 e. The number of hydrogen-bond donors (Lipinski definition) is 0. The van der Waals surface area contributed by atoms with E-state index in [-0.39, 0.29) is 5.78 Å². The highest BCUT2D eigenvalue weighted by Crippen LogP contribution is 2.28. The summed E-state index contributed by atoms with van der Waals surface area (Å²) in [6.45, 7) is 5.92. The Morgan fingerprint density at radius 2 is 1.80 bits per heavy atom. The van der Waals surface area contributed by atoms with Crippen LogP contribution in [-0.4, -0.2) is 5.78 Å².